The fourth-order valence-electron chi connectivity index (χ4n) is 2.38. The number of aromatic hydroxyl groups is 1. The van der Waals surface area contributed by atoms with Gasteiger partial charge in [0.2, 0.25) is 0 Å². The molecule has 0 unspecified atom stereocenters. The zero-order valence-corrected chi connectivity index (χ0v) is 11.8. The van der Waals surface area contributed by atoms with Gasteiger partial charge in [0, 0.05) is 5.56 Å². The maximum absolute atomic E-state index is 12.5. The molecule has 0 aliphatic rings. The molecular weight excluding hydrogens is 320 g/mol. The number of ketones is 1. The summed E-state index contributed by atoms with van der Waals surface area (Å²) in [6.45, 7) is 0. The predicted molar refractivity (Wildman–Crippen MR) is 81.1 cm³/mol. The highest BCUT2D eigenvalue weighted by Gasteiger charge is 2.33. The smallest absolute Gasteiger partial charge is 0.329 e. The van der Waals surface area contributed by atoms with E-state index in [-0.39, 0.29) is 22.1 Å². The number of benzene rings is 2. The van der Waals surface area contributed by atoms with Crippen molar-refractivity contribution in [3.8, 4) is 5.75 Å². The van der Waals surface area contributed by atoms with Crippen LogP contribution >= 0.6 is 0 Å². The maximum atomic E-state index is 12.5. The summed E-state index contributed by atoms with van der Waals surface area (Å²) in [5.74, 6) is -1.69. The normalized spacial score (nSPS) is 10.7. The Hall–Kier alpha value is -3.75. The molecule has 0 bridgehead atoms. The Morgan fingerprint density at radius 3 is 2.33 bits per heavy atom. The van der Waals surface area contributed by atoms with Gasteiger partial charge in [0.15, 0.2) is 5.78 Å². The molecule has 0 radical (unpaired) electrons. The van der Waals surface area contributed by atoms with Crippen molar-refractivity contribution in [3.05, 3.63) is 74.0 Å². The second kappa shape index (κ2) is 5.47. The summed E-state index contributed by atoms with van der Waals surface area (Å²) < 4.78 is 5.09. The summed E-state index contributed by atoms with van der Waals surface area (Å²) in [5.41, 5.74) is -1.94. The van der Waals surface area contributed by atoms with E-state index in [1.807, 2.05) is 0 Å². The number of carbonyl (C=O) groups excluding carboxylic acids is 1. The van der Waals surface area contributed by atoms with Crippen LogP contribution < -0.4 is 0 Å². The van der Waals surface area contributed by atoms with Crippen molar-refractivity contribution in [2.45, 2.75) is 0 Å². The third kappa shape index (κ3) is 2.24. The van der Waals surface area contributed by atoms with Crippen LogP contribution in [-0.2, 0) is 0 Å². The lowest BCUT2D eigenvalue weighted by Gasteiger charge is -2.02. The largest absolute Gasteiger partial charge is 0.497 e. The van der Waals surface area contributed by atoms with Crippen LogP contribution in [0.5, 0.6) is 5.75 Å². The average Bonchev–Trinajstić information content (AvgIpc) is 2.97. The van der Waals surface area contributed by atoms with Crippen molar-refractivity contribution < 1.29 is 24.2 Å². The number of phenolic OH excluding ortho intramolecular Hbond substituents is 1. The second-order valence-corrected chi connectivity index (χ2v) is 4.82. The maximum Gasteiger partial charge on any atom is 0.329 e. The molecule has 9 heteroatoms. The first-order valence-electron chi connectivity index (χ1n) is 6.57. The number of hydrogen-bond donors (Lipinski definition) is 1. The SMILES string of the molecule is O=C(c1ccccc1)c1coc2cc([N+](=O)[O-])c(O)c([N+](=O)[O-])c12. The van der Waals surface area contributed by atoms with Gasteiger partial charge >= 0.3 is 11.4 Å². The summed E-state index contributed by atoms with van der Waals surface area (Å²) in [7, 11) is 0. The molecule has 0 aliphatic carbocycles. The summed E-state index contributed by atoms with van der Waals surface area (Å²) in [5, 5.41) is 31.8. The van der Waals surface area contributed by atoms with Gasteiger partial charge < -0.3 is 9.52 Å². The van der Waals surface area contributed by atoms with E-state index in [9.17, 15) is 30.1 Å². The third-order valence-corrected chi connectivity index (χ3v) is 3.45. The van der Waals surface area contributed by atoms with Crippen LogP contribution in [-0.4, -0.2) is 20.7 Å². The number of hydrogen-bond acceptors (Lipinski definition) is 7. The molecule has 24 heavy (non-hydrogen) atoms. The Labute approximate surface area is 133 Å². The van der Waals surface area contributed by atoms with Gasteiger partial charge in [-0.1, -0.05) is 30.3 Å². The van der Waals surface area contributed by atoms with E-state index in [2.05, 4.69) is 0 Å². The van der Waals surface area contributed by atoms with E-state index in [0.29, 0.717) is 0 Å². The molecule has 0 saturated heterocycles. The molecule has 9 nitrogen and oxygen atoms in total. The van der Waals surface area contributed by atoms with E-state index >= 15 is 0 Å². The van der Waals surface area contributed by atoms with E-state index in [1.54, 1.807) is 18.2 Å². The van der Waals surface area contributed by atoms with Crippen molar-refractivity contribution in [3.63, 3.8) is 0 Å². The summed E-state index contributed by atoms with van der Waals surface area (Å²) in [6, 6.07) is 8.80. The molecule has 0 saturated carbocycles. The highest BCUT2D eigenvalue weighted by atomic mass is 16.6. The van der Waals surface area contributed by atoms with Crippen molar-refractivity contribution in [1.82, 2.24) is 0 Å². The summed E-state index contributed by atoms with van der Waals surface area (Å²) in [4.78, 5) is 32.8. The molecule has 0 fully saturated rings. The molecule has 0 atom stereocenters. The first-order chi connectivity index (χ1) is 11.4. The Kier molecular flexibility index (Phi) is 3.45. The van der Waals surface area contributed by atoms with Gasteiger partial charge in [0.25, 0.3) is 5.75 Å². The molecule has 3 rings (SSSR count). The Morgan fingerprint density at radius 2 is 1.75 bits per heavy atom. The minimum absolute atomic E-state index is 0.159. The molecule has 2 aromatic carbocycles. The second-order valence-electron chi connectivity index (χ2n) is 4.82. The number of rotatable bonds is 4. The van der Waals surface area contributed by atoms with E-state index in [0.717, 1.165) is 12.3 Å². The van der Waals surface area contributed by atoms with Gasteiger partial charge in [-0.3, -0.25) is 25.0 Å². The molecule has 3 aromatic rings. The first kappa shape index (κ1) is 15.2. The van der Waals surface area contributed by atoms with E-state index in [4.69, 9.17) is 4.42 Å². The van der Waals surface area contributed by atoms with Crippen LogP contribution in [0, 0.1) is 20.2 Å². The van der Waals surface area contributed by atoms with E-state index < -0.39 is 32.8 Å². The Balaban J connectivity index is 2.33. The lowest BCUT2D eigenvalue weighted by Crippen LogP contribution is -2.02. The number of carbonyl (C=O) groups is 1. The third-order valence-electron chi connectivity index (χ3n) is 3.45. The van der Waals surface area contributed by atoms with Crippen LogP contribution in [0.25, 0.3) is 11.0 Å². The molecule has 0 spiro atoms. The fourth-order valence-corrected chi connectivity index (χ4v) is 2.38. The molecule has 1 N–H and O–H groups in total. The van der Waals surface area contributed by atoms with Gasteiger partial charge in [-0.15, -0.1) is 0 Å². The molecule has 1 heterocycles. The van der Waals surface area contributed by atoms with Crippen LogP contribution in [0.2, 0.25) is 0 Å². The summed E-state index contributed by atoms with van der Waals surface area (Å²) >= 11 is 0. The van der Waals surface area contributed by atoms with Crippen molar-refractivity contribution in [2.75, 3.05) is 0 Å². The average molecular weight is 328 g/mol. The molecule has 0 amide bonds. The van der Waals surface area contributed by atoms with Gasteiger partial charge in [-0.05, 0) is 0 Å². The number of fused-ring (bicyclic) bond motifs is 1. The zero-order valence-electron chi connectivity index (χ0n) is 11.8. The first-order valence-corrected chi connectivity index (χ1v) is 6.57. The van der Waals surface area contributed by atoms with E-state index in [1.165, 1.54) is 12.1 Å². The number of nitro benzene ring substituents is 2. The minimum atomic E-state index is -1.12. The standard InChI is InChI=1S/C15H8N2O7/c18-14(8-4-2-1-3-5-8)9-7-24-11-6-10(16(20)21)15(19)13(12(9)11)17(22)23/h1-7,19H. The summed E-state index contributed by atoms with van der Waals surface area (Å²) in [6.07, 6.45) is 0.982. The number of furan rings is 1. The Morgan fingerprint density at radius 1 is 1.08 bits per heavy atom. The van der Waals surface area contributed by atoms with Crippen LogP contribution in [0.4, 0.5) is 11.4 Å². The lowest BCUT2D eigenvalue weighted by molar-refractivity contribution is -0.394. The number of nitrogens with zero attached hydrogens (tertiary/aromatic N) is 2. The minimum Gasteiger partial charge on any atom is -0.497 e. The van der Waals surface area contributed by atoms with Crippen LogP contribution in [0.1, 0.15) is 15.9 Å². The van der Waals surface area contributed by atoms with Crippen molar-refractivity contribution in [2.24, 2.45) is 0 Å². The molecule has 0 aliphatic heterocycles. The number of phenols is 1. The molecule has 120 valence electrons. The highest BCUT2D eigenvalue weighted by Crippen LogP contribution is 2.44. The zero-order chi connectivity index (χ0) is 17.4. The van der Waals surface area contributed by atoms with Crippen LogP contribution in [0.3, 0.4) is 0 Å². The van der Waals surface area contributed by atoms with Gasteiger partial charge in [0.1, 0.15) is 17.2 Å². The van der Waals surface area contributed by atoms with Gasteiger partial charge in [-0.25, -0.2) is 0 Å². The fraction of sp³-hybridized carbons (Fsp3) is 0. The molecular formula is C15H8N2O7. The van der Waals surface area contributed by atoms with Gasteiger partial charge in [0.05, 0.1) is 21.5 Å². The van der Waals surface area contributed by atoms with Crippen molar-refractivity contribution >= 4 is 28.1 Å². The van der Waals surface area contributed by atoms with Crippen LogP contribution in [0.15, 0.2) is 47.1 Å². The molecule has 1 aromatic heterocycles. The number of nitro groups is 2. The lowest BCUT2D eigenvalue weighted by atomic mass is 10.0. The van der Waals surface area contributed by atoms with Gasteiger partial charge in [-0.2, -0.15) is 0 Å². The predicted octanol–water partition coefficient (Wildman–Crippen LogP) is 3.19. The highest BCUT2D eigenvalue weighted by molar-refractivity contribution is 6.18. The topological polar surface area (TPSA) is 137 Å². The quantitative estimate of drug-likeness (QED) is 0.441. The monoisotopic (exact) mass is 328 g/mol. The van der Waals surface area contributed by atoms with Crippen molar-refractivity contribution in [1.29, 1.82) is 0 Å². The Bertz CT molecular complexity index is 992.